The number of carbonyl (C=O) groups is 1. The van der Waals surface area contributed by atoms with Gasteiger partial charge in [0.15, 0.2) is 17.5 Å². The first-order valence-electron chi connectivity index (χ1n) is 8.11. The third-order valence-electron chi connectivity index (χ3n) is 3.83. The molecule has 0 atom stereocenters. The zero-order chi connectivity index (χ0) is 19.4. The van der Waals surface area contributed by atoms with Gasteiger partial charge in [-0.3, -0.25) is 4.79 Å². The highest BCUT2D eigenvalue weighted by atomic mass is 19.2. The Morgan fingerprint density at radius 1 is 0.963 bits per heavy atom. The van der Waals surface area contributed by atoms with Crippen molar-refractivity contribution in [3.8, 4) is 0 Å². The Morgan fingerprint density at radius 2 is 1.74 bits per heavy atom. The number of anilines is 3. The van der Waals surface area contributed by atoms with Crippen molar-refractivity contribution in [1.29, 1.82) is 0 Å². The van der Waals surface area contributed by atoms with Crippen LogP contribution < -0.4 is 10.6 Å². The number of para-hydroxylation sites is 1. The lowest BCUT2D eigenvalue weighted by atomic mass is 10.1. The molecule has 1 aromatic heterocycles. The Hall–Kier alpha value is -3.42. The Morgan fingerprint density at radius 3 is 2.44 bits per heavy atom. The summed E-state index contributed by atoms with van der Waals surface area (Å²) in [5.41, 5.74) is 1.37. The fourth-order valence-electron chi connectivity index (χ4n) is 2.41. The highest BCUT2D eigenvalue weighted by Crippen LogP contribution is 2.21. The van der Waals surface area contributed by atoms with Crippen LogP contribution in [-0.2, 0) is 6.42 Å². The summed E-state index contributed by atoms with van der Waals surface area (Å²) in [5.74, 6) is -4.86. The van der Waals surface area contributed by atoms with Crippen LogP contribution in [0.25, 0.3) is 0 Å². The quantitative estimate of drug-likeness (QED) is 0.650. The number of nitrogens with one attached hydrogen (secondary N) is 2. The summed E-state index contributed by atoms with van der Waals surface area (Å²) < 4.78 is 39.8. The number of carbonyl (C=O) groups excluding carboxylic acids is 1. The molecular weight excluding hydrogens is 357 g/mol. The van der Waals surface area contributed by atoms with Gasteiger partial charge in [-0.1, -0.05) is 25.1 Å². The Balaban J connectivity index is 1.73. The first kappa shape index (κ1) is 18.4. The minimum Gasteiger partial charge on any atom is -0.339 e. The van der Waals surface area contributed by atoms with Crippen molar-refractivity contribution in [1.82, 2.24) is 9.97 Å². The Bertz CT molecular complexity index is 977. The van der Waals surface area contributed by atoms with E-state index in [1.54, 1.807) is 0 Å². The molecule has 138 valence electrons. The zero-order valence-corrected chi connectivity index (χ0v) is 14.3. The first-order valence-corrected chi connectivity index (χ1v) is 8.11. The first-order chi connectivity index (χ1) is 13.0. The van der Waals surface area contributed by atoms with Gasteiger partial charge in [-0.15, -0.1) is 0 Å². The lowest BCUT2D eigenvalue weighted by molar-refractivity contribution is 0.102. The molecule has 0 fully saturated rings. The monoisotopic (exact) mass is 372 g/mol. The number of hydrogen-bond acceptors (Lipinski definition) is 4. The third-order valence-corrected chi connectivity index (χ3v) is 3.83. The van der Waals surface area contributed by atoms with E-state index in [9.17, 15) is 18.0 Å². The van der Waals surface area contributed by atoms with E-state index in [0.717, 1.165) is 29.8 Å². The van der Waals surface area contributed by atoms with E-state index >= 15 is 0 Å². The normalized spacial score (nSPS) is 10.5. The number of aromatic nitrogens is 2. The van der Waals surface area contributed by atoms with Crippen molar-refractivity contribution >= 4 is 23.1 Å². The van der Waals surface area contributed by atoms with E-state index in [2.05, 4.69) is 20.6 Å². The average molecular weight is 372 g/mol. The molecule has 2 N–H and O–H groups in total. The summed E-state index contributed by atoms with van der Waals surface area (Å²) in [4.78, 5) is 20.2. The molecule has 3 aromatic rings. The van der Waals surface area contributed by atoms with Crippen LogP contribution >= 0.6 is 0 Å². The minimum atomic E-state index is -1.66. The van der Waals surface area contributed by atoms with Gasteiger partial charge in [0.25, 0.3) is 5.91 Å². The van der Waals surface area contributed by atoms with Crippen LogP contribution in [0.1, 0.15) is 23.0 Å². The number of nitrogens with zero attached hydrogens (tertiary/aromatic N) is 2. The van der Waals surface area contributed by atoms with Crippen molar-refractivity contribution in [3.63, 3.8) is 0 Å². The smallest absolute Gasteiger partial charge is 0.275 e. The maximum atomic E-state index is 13.6. The van der Waals surface area contributed by atoms with Crippen molar-refractivity contribution in [2.45, 2.75) is 13.3 Å². The van der Waals surface area contributed by atoms with E-state index in [4.69, 9.17) is 0 Å². The number of amides is 1. The summed E-state index contributed by atoms with van der Waals surface area (Å²) in [6, 6.07) is 9.34. The molecule has 1 heterocycles. The SMILES string of the molecule is CCc1ccccc1Nc1cnc(C(=O)Nc2ccc(F)c(F)c2F)cn1. The van der Waals surface area contributed by atoms with E-state index < -0.39 is 29.0 Å². The molecule has 0 aliphatic carbocycles. The summed E-state index contributed by atoms with van der Waals surface area (Å²) >= 11 is 0. The molecule has 0 unspecified atom stereocenters. The molecule has 3 rings (SSSR count). The maximum Gasteiger partial charge on any atom is 0.275 e. The van der Waals surface area contributed by atoms with Gasteiger partial charge in [0.2, 0.25) is 0 Å². The predicted octanol–water partition coefficient (Wildman–Crippen LogP) is 4.45. The molecule has 0 aliphatic rings. The fraction of sp³-hybridized carbons (Fsp3) is 0.105. The number of rotatable bonds is 5. The van der Waals surface area contributed by atoms with Crippen LogP contribution in [0.3, 0.4) is 0 Å². The lowest BCUT2D eigenvalue weighted by Gasteiger charge is -2.10. The highest BCUT2D eigenvalue weighted by Gasteiger charge is 2.17. The molecule has 8 heteroatoms. The maximum absolute atomic E-state index is 13.6. The van der Waals surface area contributed by atoms with Gasteiger partial charge in [-0.05, 0) is 30.2 Å². The van der Waals surface area contributed by atoms with E-state index in [1.165, 1.54) is 12.4 Å². The van der Waals surface area contributed by atoms with Gasteiger partial charge in [0.1, 0.15) is 11.5 Å². The van der Waals surface area contributed by atoms with Crippen LogP contribution in [0.4, 0.5) is 30.4 Å². The Kier molecular flexibility index (Phi) is 5.35. The second-order valence-electron chi connectivity index (χ2n) is 5.60. The van der Waals surface area contributed by atoms with Gasteiger partial charge in [0.05, 0.1) is 18.1 Å². The molecule has 2 aromatic carbocycles. The zero-order valence-electron chi connectivity index (χ0n) is 14.3. The van der Waals surface area contributed by atoms with Gasteiger partial charge in [0, 0.05) is 5.69 Å². The molecule has 5 nitrogen and oxygen atoms in total. The van der Waals surface area contributed by atoms with Gasteiger partial charge in [-0.25, -0.2) is 23.1 Å². The topological polar surface area (TPSA) is 66.9 Å². The molecule has 0 bridgehead atoms. The predicted molar refractivity (Wildman–Crippen MR) is 95.4 cm³/mol. The van der Waals surface area contributed by atoms with Crippen molar-refractivity contribution in [2.75, 3.05) is 10.6 Å². The summed E-state index contributed by atoms with van der Waals surface area (Å²) in [5, 5.41) is 5.24. The number of benzene rings is 2. The molecule has 0 saturated carbocycles. The Labute approximate surface area is 153 Å². The van der Waals surface area contributed by atoms with Crippen LogP contribution in [0.5, 0.6) is 0 Å². The largest absolute Gasteiger partial charge is 0.339 e. The van der Waals surface area contributed by atoms with Crippen LogP contribution in [0.15, 0.2) is 48.8 Å². The second-order valence-corrected chi connectivity index (χ2v) is 5.60. The fourth-order valence-corrected chi connectivity index (χ4v) is 2.41. The van der Waals surface area contributed by atoms with Gasteiger partial charge in [-0.2, -0.15) is 0 Å². The van der Waals surface area contributed by atoms with E-state index in [1.807, 2.05) is 31.2 Å². The number of hydrogen-bond donors (Lipinski definition) is 2. The van der Waals surface area contributed by atoms with E-state index in [-0.39, 0.29) is 5.69 Å². The molecule has 0 radical (unpaired) electrons. The average Bonchev–Trinajstić information content (AvgIpc) is 2.69. The minimum absolute atomic E-state index is 0.103. The summed E-state index contributed by atoms with van der Waals surface area (Å²) in [6.45, 7) is 2.02. The molecule has 27 heavy (non-hydrogen) atoms. The lowest BCUT2D eigenvalue weighted by Crippen LogP contribution is -2.16. The number of aryl methyl sites for hydroxylation is 1. The van der Waals surface area contributed by atoms with Crippen LogP contribution in [0, 0.1) is 17.5 Å². The van der Waals surface area contributed by atoms with Gasteiger partial charge < -0.3 is 10.6 Å². The third kappa shape index (κ3) is 4.05. The molecule has 0 aliphatic heterocycles. The standard InChI is InChI=1S/C19H15F3N4O/c1-2-11-5-3-4-6-13(11)25-16-10-23-15(9-24-16)19(27)26-14-8-7-12(20)17(21)18(14)22/h3-10H,2H2,1H3,(H,24,25)(H,26,27). The highest BCUT2D eigenvalue weighted by molar-refractivity contribution is 6.02. The van der Waals surface area contributed by atoms with Crippen LogP contribution in [-0.4, -0.2) is 15.9 Å². The van der Waals surface area contributed by atoms with E-state index in [0.29, 0.717) is 5.82 Å². The van der Waals surface area contributed by atoms with Crippen LogP contribution in [0.2, 0.25) is 0 Å². The van der Waals surface area contributed by atoms with Crippen molar-refractivity contribution in [3.05, 3.63) is 77.5 Å². The number of halogens is 3. The van der Waals surface area contributed by atoms with Crippen molar-refractivity contribution in [2.24, 2.45) is 0 Å². The van der Waals surface area contributed by atoms with Crippen molar-refractivity contribution < 1.29 is 18.0 Å². The van der Waals surface area contributed by atoms with Gasteiger partial charge >= 0.3 is 0 Å². The molecule has 1 amide bonds. The molecular formula is C19H15F3N4O. The summed E-state index contributed by atoms with van der Waals surface area (Å²) in [6.07, 6.45) is 3.38. The summed E-state index contributed by atoms with van der Waals surface area (Å²) in [7, 11) is 0. The molecule has 0 spiro atoms. The molecule has 0 saturated heterocycles. The second kappa shape index (κ2) is 7.86.